The zero-order valence-corrected chi connectivity index (χ0v) is 13.6. The van der Waals surface area contributed by atoms with Crippen LogP contribution in [0.3, 0.4) is 0 Å². The number of nitrogens with one attached hydrogen (secondary N) is 1. The molecule has 0 unspecified atom stereocenters. The van der Waals surface area contributed by atoms with E-state index in [2.05, 4.69) is 23.6 Å². The van der Waals surface area contributed by atoms with E-state index < -0.39 is 0 Å². The molecule has 0 spiro atoms. The molecule has 1 saturated carbocycles. The fraction of sp³-hybridized carbons (Fsp3) is 0.500. The third-order valence-electron chi connectivity index (χ3n) is 4.04. The van der Waals surface area contributed by atoms with Crippen molar-refractivity contribution in [3.63, 3.8) is 0 Å². The molecule has 1 aromatic heterocycles. The Kier molecular flexibility index (Phi) is 6.46. The van der Waals surface area contributed by atoms with Crippen LogP contribution in [0.2, 0.25) is 0 Å². The fourth-order valence-electron chi connectivity index (χ4n) is 2.89. The van der Waals surface area contributed by atoms with Crippen LogP contribution in [0.25, 0.3) is 0 Å². The van der Waals surface area contributed by atoms with E-state index in [0.29, 0.717) is 6.61 Å². The summed E-state index contributed by atoms with van der Waals surface area (Å²) in [5, 5.41) is 7.82. The van der Waals surface area contributed by atoms with Gasteiger partial charge < -0.3 is 10.1 Å². The summed E-state index contributed by atoms with van der Waals surface area (Å²) in [6.45, 7) is 9.71. The van der Waals surface area contributed by atoms with E-state index in [1.54, 1.807) is 12.2 Å². The summed E-state index contributed by atoms with van der Waals surface area (Å²) in [6, 6.07) is 2.03. The summed E-state index contributed by atoms with van der Waals surface area (Å²) < 4.78 is 7.99. The second kappa shape index (κ2) is 8.59. The Morgan fingerprint density at radius 2 is 2.23 bits per heavy atom. The molecule has 0 aliphatic heterocycles. The summed E-state index contributed by atoms with van der Waals surface area (Å²) in [4.78, 5) is 0. The SMILES string of the molecule is C=C/C=C(\C=C)COc1cc(CNC)nn1CC1CCCC1. The van der Waals surface area contributed by atoms with Crippen molar-refractivity contribution in [2.24, 2.45) is 5.92 Å². The van der Waals surface area contributed by atoms with Gasteiger partial charge in [-0.05, 0) is 31.4 Å². The van der Waals surface area contributed by atoms with Gasteiger partial charge >= 0.3 is 0 Å². The Morgan fingerprint density at radius 3 is 2.86 bits per heavy atom. The molecular formula is C18H27N3O. The Balaban J connectivity index is 2.07. The maximum absolute atomic E-state index is 5.97. The van der Waals surface area contributed by atoms with Crippen molar-refractivity contribution in [2.75, 3.05) is 13.7 Å². The maximum atomic E-state index is 5.97. The lowest BCUT2D eigenvalue weighted by Crippen LogP contribution is -2.13. The molecule has 0 bridgehead atoms. The number of aromatic nitrogens is 2. The minimum absolute atomic E-state index is 0.491. The highest BCUT2D eigenvalue weighted by Crippen LogP contribution is 2.28. The van der Waals surface area contributed by atoms with Crippen molar-refractivity contribution in [3.8, 4) is 5.88 Å². The first-order valence-electron chi connectivity index (χ1n) is 8.05. The largest absolute Gasteiger partial charge is 0.473 e. The zero-order chi connectivity index (χ0) is 15.8. The molecule has 2 rings (SSSR count). The van der Waals surface area contributed by atoms with Gasteiger partial charge in [-0.1, -0.05) is 44.2 Å². The lowest BCUT2D eigenvalue weighted by atomic mass is 10.1. The van der Waals surface area contributed by atoms with Crippen LogP contribution in [-0.2, 0) is 13.1 Å². The average Bonchev–Trinajstić information content (AvgIpc) is 3.14. The first-order chi connectivity index (χ1) is 10.8. The molecule has 1 aliphatic rings. The molecule has 0 saturated heterocycles. The van der Waals surface area contributed by atoms with E-state index >= 15 is 0 Å². The van der Waals surface area contributed by atoms with Crippen LogP contribution in [0.5, 0.6) is 5.88 Å². The number of hydrogen-bond acceptors (Lipinski definition) is 3. The topological polar surface area (TPSA) is 39.1 Å². The fourth-order valence-corrected chi connectivity index (χ4v) is 2.89. The Bertz CT molecular complexity index is 524. The molecule has 1 aromatic rings. The van der Waals surface area contributed by atoms with Gasteiger partial charge in [-0.2, -0.15) is 5.10 Å². The Hall–Kier alpha value is -1.81. The standard InChI is InChI=1S/C18H27N3O/c1-4-8-15(5-2)14-22-18-11-17(12-19-3)20-21(18)13-16-9-6-7-10-16/h4-5,8,11,16,19H,1-2,6-7,9-10,12-14H2,3H3/b15-8+. The third-order valence-corrected chi connectivity index (χ3v) is 4.04. The molecule has 22 heavy (non-hydrogen) atoms. The first-order valence-corrected chi connectivity index (χ1v) is 8.05. The van der Waals surface area contributed by atoms with Gasteiger partial charge in [-0.15, -0.1) is 0 Å². The number of nitrogens with zero attached hydrogens (tertiary/aromatic N) is 2. The number of hydrogen-bond donors (Lipinski definition) is 1. The highest BCUT2D eigenvalue weighted by molar-refractivity contribution is 5.24. The third kappa shape index (κ3) is 4.60. The summed E-state index contributed by atoms with van der Waals surface area (Å²) in [5.74, 6) is 1.57. The van der Waals surface area contributed by atoms with Gasteiger partial charge in [0.2, 0.25) is 5.88 Å². The summed E-state index contributed by atoms with van der Waals surface area (Å²) in [6.07, 6.45) is 10.8. The lowest BCUT2D eigenvalue weighted by molar-refractivity contribution is 0.297. The molecule has 120 valence electrons. The van der Waals surface area contributed by atoms with Crippen molar-refractivity contribution in [3.05, 3.63) is 48.7 Å². The van der Waals surface area contributed by atoms with Gasteiger partial charge in [-0.25, -0.2) is 4.68 Å². The van der Waals surface area contributed by atoms with Crippen molar-refractivity contribution in [1.29, 1.82) is 0 Å². The molecule has 0 amide bonds. The predicted octanol–water partition coefficient (Wildman–Crippen LogP) is 3.47. The smallest absolute Gasteiger partial charge is 0.212 e. The van der Waals surface area contributed by atoms with Crippen molar-refractivity contribution in [2.45, 2.75) is 38.8 Å². The average molecular weight is 301 g/mol. The van der Waals surface area contributed by atoms with Crippen LogP contribution in [0.4, 0.5) is 0 Å². The maximum Gasteiger partial charge on any atom is 0.212 e. The van der Waals surface area contributed by atoms with Crippen LogP contribution < -0.4 is 10.1 Å². The van der Waals surface area contributed by atoms with Gasteiger partial charge in [0.25, 0.3) is 0 Å². The number of ether oxygens (including phenoxy) is 1. The summed E-state index contributed by atoms with van der Waals surface area (Å²) >= 11 is 0. The molecule has 0 atom stereocenters. The molecule has 1 N–H and O–H groups in total. The van der Waals surface area contributed by atoms with Crippen LogP contribution >= 0.6 is 0 Å². The number of allylic oxidation sites excluding steroid dienone is 2. The van der Waals surface area contributed by atoms with Crippen LogP contribution in [0, 0.1) is 5.92 Å². The lowest BCUT2D eigenvalue weighted by Gasteiger charge is -2.13. The zero-order valence-electron chi connectivity index (χ0n) is 13.6. The van der Waals surface area contributed by atoms with Crippen molar-refractivity contribution in [1.82, 2.24) is 15.1 Å². The van der Waals surface area contributed by atoms with E-state index in [-0.39, 0.29) is 0 Å². The van der Waals surface area contributed by atoms with E-state index in [1.165, 1.54) is 25.7 Å². The monoisotopic (exact) mass is 301 g/mol. The normalized spacial score (nSPS) is 16.0. The summed E-state index contributed by atoms with van der Waals surface area (Å²) in [5.41, 5.74) is 2.03. The predicted molar refractivity (Wildman–Crippen MR) is 90.9 cm³/mol. The minimum Gasteiger partial charge on any atom is -0.473 e. The van der Waals surface area contributed by atoms with E-state index in [1.807, 2.05) is 23.9 Å². The highest BCUT2D eigenvalue weighted by atomic mass is 16.5. The molecule has 4 heteroatoms. The quantitative estimate of drug-likeness (QED) is 0.710. The molecule has 1 heterocycles. The van der Waals surface area contributed by atoms with Gasteiger partial charge in [-0.3, -0.25) is 0 Å². The summed E-state index contributed by atoms with van der Waals surface area (Å²) in [7, 11) is 1.93. The van der Waals surface area contributed by atoms with Crippen molar-refractivity contribution < 1.29 is 4.74 Å². The second-order valence-corrected chi connectivity index (χ2v) is 5.81. The Labute approximate surface area is 133 Å². The molecule has 1 fully saturated rings. The molecule has 4 nitrogen and oxygen atoms in total. The van der Waals surface area contributed by atoms with Gasteiger partial charge in [0, 0.05) is 19.2 Å². The first kappa shape index (κ1) is 16.6. The van der Waals surface area contributed by atoms with Crippen molar-refractivity contribution >= 4 is 0 Å². The highest BCUT2D eigenvalue weighted by Gasteiger charge is 2.18. The van der Waals surface area contributed by atoms with Gasteiger partial charge in [0.05, 0.1) is 5.69 Å². The van der Waals surface area contributed by atoms with Crippen LogP contribution in [-0.4, -0.2) is 23.4 Å². The van der Waals surface area contributed by atoms with E-state index in [9.17, 15) is 0 Å². The molecular weight excluding hydrogens is 274 g/mol. The Morgan fingerprint density at radius 1 is 1.45 bits per heavy atom. The van der Waals surface area contributed by atoms with E-state index in [0.717, 1.165) is 36.2 Å². The number of rotatable bonds is 9. The minimum atomic E-state index is 0.491. The van der Waals surface area contributed by atoms with Gasteiger partial charge in [0.15, 0.2) is 0 Å². The molecule has 0 aromatic carbocycles. The second-order valence-electron chi connectivity index (χ2n) is 5.81. The van der Waals surface area contributed by atoms with Crippen LogP contribution in [0.15, 0.2) is 43.0 Å². The van der Waals surface area contributed by atoms with Crippen LogP contribution in [0.1, 0.15) is 31.4 Å². The van der Waals surface area contributed by atoms with E-state index in [4.69, 9.17) is 4.74 Å². The van der Waals surface area contributed by atoms with Gasteiger partial charge in [0.1, 0.15) is 6.61 Å². The molecule has 1 aliphatic carbocycles. The molecule has 0 radical (unpaired) electrons.